The Labute approximate surface area is 95.4 Å². The van der Waals surface area contributed by atoms with E-state index in [0.29, 0.717) is 5.69 Å². The maximum atomic E-state index is 11.4. The molecule has 0 saturated carbocycles. The lowest BCUT2D eigenvalue weighted by molar-refractivity contribution is -0.384. The quantitative estimate of drug-likeness (QED) is 0.508. The number of urea groups is 1. The topological polar surface area (TPSA) is 109 Å². The van der Waals surface area contributed by atoms with Crippen molar-refractivity contribution in [3.8, 4) is 5.75 Å². The molecule has 9 nitrogen and oxygen atoms in total. The van der Waals surface area contributed by atoms with Gasteiger partial charge in [0, 0.05) is 6.07 Å². The Hall–Kier alpha value is -2.39. The van der Waals surface area contributed by atoms with Crippen LogP contribution in [0.15, 0.2) is 18.2 Å². The van der Waals surface area contributed by atoms with Gasteiger partial charge in [-0.15, -0.1) is 11.1 Å². The number of carbonyl (C=O) groups is 1. The Morgan fingerprint density at radius 1 is 1.47 bits per heavy atom. The summed E-state index contributed by atoms with van der Waals surface area (Å²) in [5.41, 5.74) is 7.46. The van der Waals surface area contributed by atoms with Crippen LogP contribution in [0, 0.1) is 10.1 Å². The number of ether oxygens (including phenoxy) is 1. The van der Waals surface area contributed by atoms with E-state index in [1.807, 2.05) is 0 Å². The van der Waals surface area contributed by atoms with E-state index >= 15 is 0 Å². The lowest BCUT2D eigenvalue weighted by Gasteiger charge is -2.15. The first-order valence-electron chi connectivity index (χ1n) is 4.56. The van der Waals surface area contributed by atoms with Crippen molar-refractivity contribution in [3.63, 3.8) is 0 Å². The standard InChI is InChI=1S/C8H9N5O4/c1-17-7-4-5(13(15)16)2-3-6(7)12-8(14)9-10-11-12/h2-4,10-11H,1H3,(H,9,14). The number of nitrogens with one attached hydrogen (secondary N) is 3. The van der Waals surface area contributed by atoms with Crippen LogP contribution in [0.2, 0.25) is 0 Å². The number of nitro benzene ring substituents is 1. The number of benzene rings is 1. The van der Waals surface area contributed by atoms with E-state index in [1.165, 1.54) is 25.3 Å². The minimum absolute atomic E-state index is 0.113. The molecule has 1 aliphatic rings. The number of nitro groups is 1. The van der Waals surface area contributed by atoms with Gasteiger partial charge in [-0.25, -0.2) is 9.80 Å². The van der Waals surface area contributed by atoms with Gasteiger partial charge >= 0.3 is 6.03 Å². The van der Waals surface area contributed by atoms with E-state index < -0.39 is 11.0 Å². The first-order chi connectivity index (χ1) is 8.13. The zero-order valence-electron chi connectivity index (χ0n) is 8.76. The number of anilines is 1. The molecular weight excluding hydrogens is 230 g/mol. The molecule has 0 radical (unpaired) electrons. The van der Waals surface area contributed by atoms with Crippen molar-refractivity contribution in [2.45, 2.75) is 0 Å². The molecule has 0 bridgehead atoms. The van der Waals surface area contributed by atoms with E-state index in [9.17, 15) is 14.9 Å². The van der Waals surface area contributed by atoms with Crippen LogP contribution in [0.5, 0.6) is 5.75 Å². The van der Waals surface area contributed by atoms with Crippen molar-refractivity contribution in [2.24, 2.45) is 0 Å². The molecular formula is C8H9N5O4. The van der Waals surface area contributed by atoms with Gasteiger partial charge in [-0.3, -0.25) is 15.5 Å². The summed E-state index contributed by atoms with van der Waals surface area (Å²) in [7, 11) is 1.37. The van der Waals surface area contributed by atoms with Crippen LogP contribution in [-0.4, -0.2) is 18.1 Å². The fourth-order valence-corrected chi connectivity index (χ4v) is 1.38. The summed E-state index contributed by atoms with van der Waals surface area (Å²) >= 11 is 0. The second-order valence-electron chi connectivity index (χ2n) is 3.12. The zero-order valence-corrected chi connectivity index (χ0v) is 8.76. The molecule has 1 aromatic rings. The molecule has 0 aromatic heterocycles. The second-order valence-corrected chi connectivity index (χ2v) is 3.12. The number of methoxy groups -OCH3 is 1. The third-order valence-electron chi connectivity index (χ3n) is 2.16. The van der Waals surface area contributed by atoms with Gasteiger partial charge in [0.1, 0.15) is 5.69 Å². The van der Waals surface area contributed by atoms with Gasteiger partial charge in [0.25, 0.3) is 5.69 Å². The van der Waals surface area contributed by atoms with Crippen LogP contribution in [-0.2, 0) is 0 Å². The fraction of sp³-hybridized carbons (Fsp3) is 0.125. The average Bonchev–Trinajstić information content (AvgIpc) is 2.74. The maximum absolute atomic E-state index is 11.4. The molecule has 1 fully saturated rings. The van der Waals surface area contributed by atoms with Crippen LogP contribution < -0.4 is 26.2 Å². The molecule has 1 aromatic carbocycles. The van der Waals surface area contributed by atoms with E-state index in [1.54, 1.807) is 0 Å². The molecule has 9 heteroatoms. The van der Waals surface area contributed by atoms with Gasteiger partial charge in [0.15, 0.2) is 5.75 Å². The summed E-state index contributed by atoms with van der Waals surface area (Å²) in [6.07, 6.45) is 0. The van der Waals surface area contributed by atoms with Crippen molar-refractivity contribution in [1.29, 1.82) is 0 Å². The van der Waals surface area contributed by atoms with Crippen LogP contribution >= 0.6 is 0 Å². The van der Waals surface area contributed by atoms with Gasteiger partial charge in [-0.1, -0.05) is 0 Å². The molecule has 90 valence electrons. The van der Waals surface area contributed by atoms with Crippen LogP contribution in [0.4, 0.5) is 16.2 Å². The summed E-state index contributed by atoms with van der Waals surface area (Å²) in [6.45, 7) is 0. The molecule has 0 unspecified atom stereocenters. The number of non-ortho nitro benzene ring substituents is 1. The van der Waals surface area contributed by atoms with E-state index in [-0.39, 0.29) is 11.4 Å². The fourth-order valence-electron chi connectivity index (χ4n) is 1.38. The predicted molar refractivity (Wildman–Crippen MR) is 56.9 cm³/mol. The highest BCUT2D eigenvalue weighted by Gasteiger charge is 2.25. The van der Waals surface area contributed by atoms with Crippen molar-refractivity contribution in [3.05, 3.63) is 28.3 Å². The second kappa shape index (κ2) is 4.23. The third kappa shape index (κ3) is 1.96. The molecule has 0 atom stereocenters. The molecule has 0 aliphatic carbocycles. The minimum Gasteiger partial charge on any atom is -0.494 e. The maximum Gasteiger partial charge on any atom is 0.353 e. The number of rotatable bonds is 3. The molecule has 1 aliphatic heterocycles. The summed E-state index contributed by atoms with van der Waals surface area (Å²) in [4.78, 5) is 21.4. The van der Waals surface area contributed by atoms with Crippen molar-refractivity contribution >= 4 is 17.4 Å². The summed E-state index contributed by atoms with van der Waals surface area (Å²) in [5, 5.41) is 11.7. The molecule has 1 saturated heterocycles. The largest absolute Gasteiger partial charge is 0.494 e. The van der Waals surface area contributed by atoms with Gasteiger partial charge in [0.2, 0.25) is 0 Å². The van der Waals surface area contributed by atoms with E-state index in [2.05, 4.69) is 16.5 Å². The average molecular weight is 239 g/mol. The lowest BCUT2D eigenvalue weighted by atomic mass is 10.2. The third-order valence-corrected chi connectivity index (χ3v) is 2.16. The summed E-state index contributed by atoms with van der Waals surface area (Å²) in [6, 6.07) is 3.49. The van der Waals surface area contributed by atoms with Gasteiger partial charge in [0.05, 0.1) is 18.1 Å². The number of amides is 2. The Morgan fingerprint density at radius 2 is 2.24 bits per heavy atom. The Balaban J connectivity index is 2.40. The van der Waals surface area contributed by atoms with E-state index in [0.717, 1.165) is 5.01 Å². The number of hydrazine groups is 3. The molecule has 0 spiro atoms. The zero-order chi connectivity index (χ0) is 12.4. The van der Waals surface area contributed by atoms with Crippen molar-refractivity contribution in [1.82, 2.24) is 16.5 Å². The number of hydrogen-bond acceptors (Lipinski definition) is 6. The van der Waals surface area contributed by atoms with Crippen LogP contribution in [0.3, 0.4) is 0 Å². The number of nitrogens with zero attached hydrogens (tertiary/aromatic N) is 2. The lowest BCUT2D eigenvalue weighted by Crippen LogP contribution is -2.37. The molecule has 2 amide bonds. The normalized spacial score (nSPS) is 14.6. The number of carbonyl (C=O) groups excluding carboxylic acids is 1. The van der Waals surface area contributed by atoms with Crippen molar-refractivity contribution in [2.75, 3.05) is 12.1 Å². The molecule has 3 N–H and O–H groups in total. The predicted octanol–water partition coefficient (Wildman–Crippen LogP) is 0.0572. The summed E-state index contributed by atoms with van der Waals surface area (Å²) in [5.74, 6) is 0.213. The molecule has 2 rings (SSSR count). The Kier molecular flexibility index (Phi) is 2.77. The minimum atomic E-state index is -0.540. The monoisotopic (exact) mass is 239 g/mol. The highest BCUT2D eigenvalue weighted by molar-refractivity contribution is 5.93. The van der Waals surface area contributed by atoms with Crippen LogP contribution in [0.1, 0.15) is 0 Å². The highest BCUT2D eigenvalue weighted by atomic mass is 16.6. The van der Waals surface area contributed by atoms with E-state index in [4.69, 9.17) is 4.74 Å². The Bertz CT molecular complexity index is 477. The van der Waals surface area contributed by atoms with Crippen LogP contribution in [0.25, 0.3) is 0 Å². The SMILES string of the molecule is COc1cc([N+](=O)[O-])ccc1N1NNNC1=O. The molecule has 1 heterocycles. The Morgan fingerprint density at radius 3 is 2.76 bits per heavy atom. The first-order valence-corrected chi connectivity index (χ1v) is 4.56. The van der Waals surface area contributed by atoms with Gasteiger partial charge in [-0.05, 0) is 6.07 Å². The van der Waals surface area contributed by atoms with Crippen molar-refractivity contribution < 1.29 is 14.5 Å². The summed E-state index contributed by atoms with van der Waals surface area (Å²) < 4.78 is 5.00. The molecule has 17 heavy (non-hydrogen) atoms. The smallest absolute Gasteiger partial charge is 0.353 e. The first kappa shape index (κ1) is 11.1. The highest BCUT2D eigenvalue weighted by Crippen LogP contribution is 2.31. The van der Waals surface area contributed by atoms with Gasteiger partial charge in [-0.2, -0.15) is 0 Å². The van der Waals surface area contributed by atoms with Gasteiger partial charge < -0.3 is 4.74 Å². The number of hydrogen-bond donors (Lipinski definition) is 3.